The quantitative estimate of drug-likeness (QED) is 0.763. The van der Waals surface area contributed by atoms with E-state index in [9.17, 15) is 0 Å². The molecule has 0 aromatic carbocycles. The molecular weight excluding hydrogens is 188 g/mol. The summed E-state index contributed by atoms with van der Waals surface area (Å²) in [5.74, 6) is 0. The van der Waals surface area contributed by atoms with Gasteiger partial charge in [-0.3, -0.25) is 15.1 Å². The van der Waals surface area contributed by atoms with Crippen LogP contribution in [0.3, 0.4) is 0 Å². The maximum atomic E-state index is 4.52. The van der Waals surface area contributed by atoms with E-state index in [0.29, 0.717) is 0 Å². The van der Waals surface area contributed by atoms with Gasteiger partial charge in [0, 0.05) is 44.9 Å². The van der Waals surface area contributed by atoms with Crippen molar-refractivity contribution in [1.29, 1.82) is 0 Å². The summed E-state index contributed by atoms with van der Waals surface area (Å²) >= 11 is 0. The van der Waals surface area contributed by atoms with Crippen molar-refractivity contribution in [3.8, 4) is 0 Å². The maximum absolute atomic E-state index is 4.52. The van der Waals surface area contributed by atoms with E-state index in [-0.39, 0.29) is 5.41 Å². The van der Waals surface area contributed by atoms with E-state index in [1.54, 1.807) is 0 Å². The highest BCUT2D eigenvalue weighted by Crippen LogP contribution is 2.23. The lowest BCUT2D eigenvalue weighted by Crippen LogP contribution is -2.30. The van der Waals surface area contributed by atoms with E-state index in [4.69, 9.17) is 0 Å². The van der Waals surface area contributed by atoms with Crippen molar-refractivity contribution < 1.29 is 0 Å². The lowest BCUT2D eigenvalue weighted by Gasteiger charge is -2.18. The van der Waals surface area contributed by atoms with E-state index < -0.39 is 0 Å². The Morgan fingerprint density at radius 3 is 2.47 bits per heavy atom. The summed E-state index contributed by atoms with van der Waals surface area (Å²) < 4.78 is 1.88. The molecule has 1 aromatic rings. The number of aromatic nitrogens is 2. The average molecular weight is 210 g/mol. The molecule has 1 aromatic heterocycles. The first kappa shape index (κ1) is 12.2. The average Bonchev–Trinajstić information content (AvgIpc) is 2.42. The Balaban J connectivity index is 2.87. The number of nitrogens with one attached hydrogen (secondary N) is 1. The lowest BCUT2D eigenvalue weighted by molar-refractivity contribution is 0.285. The van der Waals surface area contributed by atoms with E-state index in [1.165, 1.54) is 11.3 Å². The molecule has 0 unspecified atom stereocenters. The summed E-state index contributed by atoms with van der Waals surface area (Å²) in [6.07, 6.45) is 2.08. The molecule has 0 fully saturated rings. The molecule has 0 radical (unpaired) electrons. The predicted octanol–water partition coefficient (Wildman–Crippen LogP) is 1.28. The molecular formula is C11H22N4. The van der Waals surface area contributed by atoms with Crippen molar-refractivity contribution >= 4 is 0 Å². The third-order valence-electron chi connectivity index (χ3n) is 2.20. The molecule has 15 heavy (non-hydrogen) atoms. The minimum absolute atomic E-state index is 0.102. The fraction of sp³-hybridized carbons (Fsp3) is 0.727. The molecule has 0 aliphatic carbocycles. The van der Waals surface area contributed by atoms with E-state index in [2.05, 4.69) is 37.5 Å². The van der Waals surface area contributed by atoms with Crippen LogP contribution in [-0.2, 0) is 19.0 Å². The molecule has 0 spiro atoms. The molecule has 1 rings (SSSR count). The molecule has 86 valence electrons. The van der Waals surface area contributed by atoms with Gasteiger partial charge in [-0.2, -0.15) is 5.10 Å². The molecule has 0 aliphatic heterocycles. The van der Waals surface area contributed by atoms with Gasteiger partial charge in [0.1, 0.15) is 0 Å². The molecule has 0 amide bonds. The highest BCUT2D eigenvalue weighted by molar-refractivity contribution is 5.23. The second kappa shape index (κ2) is 4.33. The SMILES string of the molecule is CN(C)NCc1cn(C)nc1C(C)(C)C. The summed E-state index contributed by atoms with van der Waals surface area (Å²) in [7, 11) is 5.95. The van der Waals surface area contributed by atoms with Gasteiger partial charge in [0.15, 0.2) is 0 Å². The van der Waals surface area contributed by atoms with Gasteiger partial charge in [0.2, 0.25) is 0 Å². The first-order valence-electron chi connectivity index (χ1n) is 5.24. The van der Waals surface area contributed by atoms with E-state index >= 15 is 0 Å². The summed E-state index contributed by atoms with van der Waals surface area (Å²) in [6.45, 7) is 7.39. The van der Waals surface area contributed by atoms with Gasteiger partial charge in [0.05, 0.1) is 5.69 Å². The summed E-state index contributed by atoms with van der Waals surface area (Å²) in [5, 5.41) is 6.48. The zero-order valence-electron chi connectivity index (χ0n) is 10.6. The Bertz CT molecular complexity index is 320. The first-order valence-corrected chi connectivity index (χ1v) is 5.24. The predicted molar refractivity (Wildman–Crippen MR) is 62.4 cm³/mol. The summed E-state index contributed by atoms with van der Waals surface area (Å²) in [6, 6.07) is 0. The van der Waals surface area contributed by atoms with Gasteiger partial charge in [-0.15, -0.1) is 0 Å². The molecule has 1 heterocycles. The van der Waals surface area contributed by atoms with Crippen LogP contribution in [0.15, 0.2) is 6.20 Å². The van der Waals surface area contributed by atoms with Crippen LogP contribution in [0.2, 0.25) is 0 Å². The van der Waals surface area contributed by atoms with Crippen molar-refractivity contribution in [2.45, 2.75) is 32.7 Å². The van der Waals surface area contributed by atoms with Crippen LogP contribution in [0, 0.1) is 0 Å². The monoisotopic (exact) mass is 210 g/mol. The van der Waals surface area contributed by atoms with Crippen LogP contribution < -0.4 is 5.43 Å². The van der Waals surface area contributed by atoms with Crippen molar-refractivity contribution in [3.05, 3.63) is 17.5 Å². The van der Waals surface area contributed by atoms with Crippen LogP contribution in [0.5, 0.6) is 0 Å². The number of rotatable bonds is 3. The van der Waals surface area contributed by atoms with Crippen LogP contribution in [0.1, 0.15) is 32.0 Å². The molecule has 0 atom stereocenters. The molecule has 0 bridgehead atoms. The van der Waals surface area contributed by atoms with Crippen LogP contribution >= 0.6 is 0 Å². The number of nitrogens with zero attached hydrogens (tertiary/aromatic N) is 3. The number of hydrazine groups is 1. The highest BCUT2D eigenvalue weighted by atomic mass is 15.5. The fourth-order valence-electron chi connectivity index (χ4n) is 1.54. The van der Waals surface area contributed by atoms with Crippen molar-refractivity contribution in [2.75, 3.05) is 14.1 Å². The van der Waals surface area contributed by atoms with Crippen molar-refractivity contribution in [3.63, 3.8) is 0 Å². The third-order valence-corrected chi connectivity index (χ3v) is 2.20. The maximum Gasteiger partial charge on any atom is 0.0723 e. The highest BCUT2D eigenvalue weighted by Gasteiger charge is 2.21. The normalized spacial score (nSPS) is 12.5. The molecule has 4 nitrogen and oxygen atoms in total. The Morgan fingerprint density at radius 1 is 1.40 bits per heavy atom. The minimum atomic E-state index is 0.102. The van der Waals surface area contributed by atoms with Gasteiger partial charge in [-0.05, 0) is 0 Å². The molecule has 1 N–H and O–H groups in total. The second-order valence-corrected chi connectivity index (χ2v) is 5.16. The summed E-state index contributed by atoms with van der Waals surface area (Å²) in [4.78, 5) is 0. The number of hydrogen-bond donors (Lipinski definition) is 1. The fourth-order valence-corrected chi connectivity index (χ4v) is 1.54. The molecule has 0 saturated heterocycles. The zero-order chi connectivity index (χ0) is 11.6. The first-order chi connectivity index (χ1) is 6.80. The zero-order valence-corrected chi connectivity index (χ0v) is 10.6. The largest absolute Gasteiger partial charge is 0.275 e. The smallest absolute Gasteiger partial charge is 0.0723 e. The topological polar surface area (TPSA) is 33.1 Å². The van der Waals surface area contributed by atoms with Crippen LogP contribution in [0.4, 0.5) is 0 Å². The Labute approximate surface area is 92.2 Å². The van der Waals surface area contributed by atoms with Gasteiger partial charge >= 0.3 is 0 Å². The molecule has 0 saturated carbocycles. The van der Waals surface area contributed by atoms with Gasteiger partial charge < -0.3 is 0 Å². The van der Waals surface area contributed by atoms with Gasteiger partial charge in [-0.1, -0.05) is 20.8 Å². The molecule has 4 heteroatoms. The Hall–Kier alpha value is -0.870. The standard InChI is InChI=1S/C11H22N4/c1-11(2,3)10-9(7-12-14(4)5)8-15(6)13-10/h8,12H,7H2,1-6H3. The third kappa shape index (κ3) is 3.32. The van der Waals surface area contributed by atoms with Crippen molar-refractivity contribution in [2.24, 2.45) is 7.05 Å². The second-order valence-electron chi connectivity index (χ2n) is 5.16. The van der Waals surface area contributed by atoms with E-state index in [1.807, 2.05) is 30.8 Å². The van der Waals surface area contributed by atoms with Crippen LogP contribution in [-0.4, -0.2) is 28.9 Å². The molecule has 0 aliphatic rings. The van der Waals surface area contributed by atoms with Crippen LogP contribution in [0.25, 0.3) is 0 Å². The van der Waals surface area contributed by atoms with Gasteiger partial charge in [-0.25, -0.2) is 0 Å². The Kier molecular flexibility index (Phi) is 3.52. The van der Waals surface area contributed by atoms with Crippen molar-refractivity contribution in [1.82, 2.24) is 20.2 Å². The lowest BCUT2D eigenvalue weighted by atomic mass is 9.90. The number of aryl methyl sites for hydroxylation is 1. The summed E-state index contributed by atoms with van der Waals surface area (Å²) in [5.41, 5.74) is 5.80. The van der Waals surface area contributed by atoms with E-state index in [0.717, 1.165) is 6.54 Å². The number of hydrogen-bond acceptors (Lipinski definition) is 3. The minimum Gasteiger partial charge on any atom is -0.275 e. The van der Waals surface area contributed by atoms with Gasteiger partial charge in [0.25, 0.3) is 0 Å². The Morgan fingerprint density at radius 2 is 2.00 bits per heavy atom.